The van der Waals surface area contributed by atoms with E-state index < -0.39 is 5.54 Å². The molecule has 22 heavy (non-hydrogen) atoms. The van der Waals surface area contributed by atoms with Crippen LogP contribution in [0.5, 0.6) is 0 Å². The molecule has 0 heterocycles. The van der Waals surface area contributed by atoms with Crippen LogP contribution in [0.15, 0.2) is 30.3 Å². The molecule has 1 saturated carbocycles. The zero-order valence-corrected chi connectivity index (χ0v) is 14.0. The van der Waals surface area contributed by atoms with Gasteiger partial charge in [0.15, 0.2) is 0 Å². The van der Waals surface area contributed by atoms with Crippen LogP contribution < -0.4 is 16.4 Å². The lowest BCUT2D eigenvalue weighted by molar-refractivity contribution is -0.125. The smallest absolute Gasteiger partial charge is 0.239 e. The van der Waals surface area contributed by atoms with Crippen LogP contribution in [0, 0.1) is 0 Å². The third-order valence-electron chi connectivity index (χ3n) is 4.56. The van der Waals surface area contributed by atoms with Gasteiger partial charge in [0.1, 0.15) is 0 Å². The molecule has 0 aliphatic heterocycles. The van der Waals surface area contributed by atoms with Gasteiger partial charge in [-0.3, -0.25) is 4.79 Å². The van der Waals surface area contributed by atoms with E-state index in [2.05, 4.69) is 41.8 Å². The summed E-state index contributed by atoms with van der Waals surface area (Å²) in [6, 6.07) is 10.7. The quantitative estimate of drug-likeness (QED) is 0.756. The third-order valence-corrected chi connectivity index (χ3v) is 4.56. The Bertz CT molecular complexity index is 487. The molecule has 1 amide bonds. The van der Waals surface area contributed by atoms with Crippen LogP contribution in [-0.4, -0.2) is 23.5 Å². The van der Waals surface area contributed by atoms with Crippen LogP contribution in [0.4, 0.5) is 0 Å². The van der Waals surface area contributed by atoms with Crippen LogP contribution in [0.2, 0.25) is 0 Å². The fraction of sp³-hybridized carbons (Fsp3) is 0.611. The average Bonchev–Trinajstić information content (AvgIpc) is 2.93. The maximum Gasteiger partial charge on any atom is 0.239 e. The summed E-state index contributed by atoms with van der Waals surface area (Å²) in [5, 5.41) is 6.80. The maximum absolute atomic E-state index is 12.1. The Balaban J connectivity index is 2.01. The molecule has 0 aromatic heterocycles. The summed E-state index contributed by atoms with van der Waals surface area (Å²) >= 11 is 0. The number of hydrogen-bond donors (Lipinski definition) is 3. The van der Waals surface area contributed by atoms with E-state index in [9.17, 15) is 4.79 Å². The lowest BCUT2D eigenvalue weighted by Crippen LogP contribution is -2.57. The second-order valence-electron chi connectivity index (χ2n) is 7.17. The van der Waals surface area contributed by atoms with Gasteiger partial charge in [-0.15, -0.1) is 0 Å². The minimum absolute atomic E-state index is 0.0177. The summed E-state index contributed by atoms with van der Waals surface area (Å²) in [4.78, 5) is 12.1. The molecule has 1 unspecified atom stereocenters. The number of amides is 1. The van der Waals surface area contributed by atoms with Crippen molar-refractivity contribution in [3.8, 4) is 0 Å². The minimum atomic E-state index is -0.829. The van der Waals surface area contributed by atoms with Gasteiger partial charge < -0.3 is 16.4 Å². The molecule has 1 aromatic carbocycles. The highest BCUT2D eigenvalue weighted by Gasteiger charge is 2.36. The Morgan fingerprint density at radius 1 is 1.27 bits per heavy atom. The molecule has 0 bridgehead atoms. The number of carbonyl (C=O) groups is 1. The van der Waals surface area contributed by atoms with E-state index in [1.54, 1.807) is 13.8 Å². The van der Waals surface area contributed by atoms with Gasteiger partial charge in [0.05, 0.1) is 5.54 Å². The molecular weight excluding hydrogens is 274 g/mol. The Morgan fingerprint density at radius 3 is 2.41 bits per heavy atom. The van der Waals surface area contributed by atoms with E-state index in [1.165, 1.54) is 18.4 Å². The number of hydrogen-bond acceptors (Lipinski definition) is 3. The molecular formula is C18H29N3O. The first-order chi connectivity index (χ1) is 10.3. The van der Waals surface area contributed by atoms with Gasteiger partial charge in [-0.1, -0.05) is 43.2 Å². The number of nitrogens with one attached hydrogen (secondary N) is 2. The summed E-state index contributed by atoms with van der Waals surface area (Å²) in [5.41, 5.74) is 6.30. The van der Waals surface area contributed by atoms with Crippen LogP contribution in [-0.2, 0) is 4.79 Å². The van der Waals surface area contributed by atoms with Crippen LogP contribution in [0.25, 0.3) is 0 Å². The van der Waals surface area contributed by atoms with Gasteiger partial charge in [-0.2, -0.15) is 0 Å². The van der Waals surface area contributed by atoms with Gasteiger partial charge >= 0.3 is 0 Å². The van der Waals surface area contributed by atoms with Crippen molar-refractivity contribution < 1.29 is 4.79 Å². The van der Waals surface area contributed by atoms with Crippen LogP contribution in [0.3, 0.4) is 0 Å². The van der Waals surface area contributed by atoms with Crippen molar-refractivity contribution in [2.45, 2.75) is 63.6 Å². The van der Waals surface area contributed by atoms with Crippen molar-refractivity contribution >= 4 is 5.91 Å². The first-order valence-corrected chi connectivity index (χ1v) is 8.22. The van der Waals surface area contributed by atoms with Crippen LogP contribution in [0.1, 0.15) is 58.1 Å². The minimum Gasteiger partial charge on any atom is -0.353 e. The van der Waals surface area contributed by atoms with Crippen molar-refractivity contribution in [1.29, 1.82) is 0 Å². The molecule has 0 saturated heterocycles. The van der Waals surface area contributed by atoms with E-state index in [0.717, 1.165) is 12.8 Å². The summed E-state index contributed by atoms with van der Waals surface area (Å²) < 4.78 is 0. The van der Waals surface area contributed by atoms with Crippen LogP contribution >= 0.6 is 0 Å². The van der Waals surface area contributed by atoms with Gasteiger partial charge in [0.2, 0.25) is 5.91 Å². The zero-order valence-electron chi connectivity index (χ0n) is 14.0. The standard InChI is InChI=1S/C18H29N3O/c1-14(15-9-5-4-6-10-15)21-18(11-7-8-12-18)13-20-16(22)17(2,3)19/h4-6,9-10,14,21H,7-8,11-13,19H2,1-3H3,(H,20,22). The van der Waals surface area contributed by atoms with Gasteiger partial charge in [0, 0.05) is 18.1 Å². The van der Waals surface area contributed by atoms with E-state index in [1.807, 2.05) is 6.07 Å². The van der Waals surface area contributed by atoms with Gasteiger partial charge in [0.25, 0.3) is 0 Å². The largest absolute Gasteiger partial charge is 0.353 e. The second kappa shape index (κ2) is 6.80. The molecule has 2 rings (SSSR count). The fourth-order valence-corrected chi connectivity index (χ4v) is 3.19. The molecule has 4 heteroatoms. The normalized spacial score (nSPS) is 18.9. The SMILES string of the molecule is CC(NC1(CNC(=O)C(C)(C)N)CCCC1)c1ccccc1. The summed E-state index contributed by atoms with van der Waals surface area (Å²) in [6.45, 7) is 6.31. The highest BCUT2D eigenvalue weighted by molar-refractivity contribution is 5.85. The zero-order chi connectivity index (χ0) is 16.2. The van der Waals surface area contributed by atoms with Crippen molar-refractivity contribution in [1.82, 2.24) is 10.6 Å². The molecule has 4 N–H and O–H groups in total. The lowest BCUT2D eigenvalue weighted by atomic mass is 9.94. The Labute approximate surface area is 133 Å². The molecule has 0 spiro atoms. The predicted molar refractivity (Wildman–Crippen MR) is 90.5 cm³/mol. The monoisotopic (exact) mass is 303 g/mol. The number of rotatable bonds is 6. The highest BCUT2D eigenvalue weighted by Crippen LogP contribution is 2.31. The molecule has 122 valence electrons. The van der Waals surface area contributed by atoms with E-state index in [0.29, 0.717) is 6.54 Å². The lowest BCUT2D eigenvalue weighted by Gasteiger charge is -2.35. The van der Waals surface area contributed by atoms with Crippen molar-refractivity contribution in [2.24, 2.45) is 5.73 Å². The van der Waals surface area contributed by atoms with Gasteiger partial charge in [-0.25, -0.2) is 0 Å². The van der Waals surface area contributed by atoms with E-state index >= 15 is 0 Å². The highest BCUT2D eigenvalue weighted by atomic mass is 16.2. The van der Waals surface area contributed by atoms with Gasteiger partial charge in [-0.05, 0) is 39.2 Å². The molecule has 0 radical (unpaired) electrons. The molecule has 1 aromatic rings. The summed E-state index contributed by atoms with van der Waals surface area (Å²) in [5.74, 6) is -0.0899. The number of benzene rings is 1. The summed E-state index contributed by atoms with van der Waals surface area (Å²) in [7, 11) is 0. The Morgan fingerprint density at radius 2 is 1.86 bits per heavy atom. The number of nitrogens with two attached hydrogens (primary N) is 1. The summed E-state index contributed by atoms with van der Waals surface area (Å²) in [6.07, 6.45) is 4.59. The third kappa shape index (κ3) is 4.31. The molecule has 1 atom stereocenters. The maximum atomic E-state index is 12.1. The molecule has 1 aliphatic carbocycles. The van der Waals surface area contributed by atoms with Crippen molar-refractivity contribution in [2.75, 3.05) is 6.54 Å². The van der Waals surface area contributed by atoms with E-state index in [4.69, 9.17) is 5.73 Å². The first kappa shape index (κ1) is 17.0. The Kier molecular flexibility index (Phi) is 5.24. The number of carbonyl (C=O) groups excluding carboxylic acids is 1. The first-order valence-electron chi connectivity index (χ1n) is 8.22. The topological polar surface area (TPSA) is 67.1 Å². The molecule has 4 nitrogen and oxygen atoms in total. The molecule has 1 aliphatic rings. The second-order valence-corrected chi connectivity index (χ2v) is 7.17. The predicted octanol–water partition coefficient (Wildman–Crippen LogP) is 2.50. The fourth-order valence-electron chi connectivity index (χ4n) is 3.19. The average molecular weight is 303 g/mol. The van der Waals surface area contributed by atoms with Crippen molar-refractivity contribution in [3.63, 3.8) is 0 Å². The van der Waals surface area contributed by atoms with Crippen molar-refractivity contribution in [3.05, 3.63) is 35.9 Å². The Hall–Kier alpha value is -1.39. The van der Waals surface area contributed by atoms with E-state index in [-0.39, 0.29) is 17.5 Å². The molecule has 1 fully saturated rings.